The molecule has 1 fully saturated rings. The highest BCUT2D eigenvalue weighted by molar-refractivity contribution is 7.80. The molecule has 1 aromatic heterocycles. The molecule has 0 radical (unpaired) electrons. The maximum absolute atomic E-state index is 6.18. The van der Waals surface area contributed by atoms with Gasteiger partial charge in [0.05, 0.1) is 5.69 Å². The topological polar surface area (TPSA) is 36.3 Å². The predicted molar refractivity (Wildman–Crippen MR) is 107 cm³/mol. The van der Waals surface area contributed by atoms with E-state index in [0.29, 0.717) is 0 Å². The molecule has 1 saturated heterocycles. The van der Waals surface area contributed by atoms with Gasteiger partial charge < -0.3 is 10.2 Å². The second-order valence-corrected chi connectivity index (χ2v) is 7.36. The van der Waals surface area contributed by atoms with E-state index in [9.17, 15) is 0 Å². The molecule has 0 spiro atoms. The van der Waals surface area contributed by atoms with Crippen molar-refractivity contribution in [2.24, 2.45) is 7.05 Å². The van der Waals surface area contributed by atoms with Crippen LogP contribution in [-0.4, -0.2) is 50.9 Å². The normalized spacial score (nSPS) is 15.4. The highest BCUT2D eigenvalue weighted by Crippen LogP contribution is 2.20. The summed E-state index contributed by atoms with van der Waals surface area (Å²) in [5.74, 6) is 0. The highest BCUT2D eigenvalue weighted by Gasteiger charge is 2.20. The van der Waals surface area contributed by atoms with Gasteiger partial charge in [0.2, 0.25) is 0 Å². The molecule has 0 unspecified atom stereocenters. The molecule has 3 rings (SSSR count). The van der Waals surface area contributed by atoms with Crippen molar-refractivity contribution in [2.75, 3.05) is 31.5 Å². The number of aromatic nitrogens is 2. The van der Waals surface area contributed by atoms with E-state index in [0.717, 1.165) is 59.8 Å². The lowest BCUT2D eigenvalue weighted by Crippen LogP contribution is -2.49. The first-order chi connectivity index (χ1) is 11.9. The molecule has 134 valence electrons. The first-order valence-corrected chi connectivity index (χ1v) is 9.24. The Morgan fingerprint density at radius 3 is 2.56 bits per heavy atom. The Balaban J connectivity index is 1.52. The van der Waals surface area contributed by atoms with Crippen LogP contribution < -0.4 is 5.32 Å². The van der Waals surface area contributed by atoms with Gasteiger partial charge in [-0.05, 0) is 43.8 Å². The number of aryl methyl sites for hydroxylation is 3. The Labute approximate surface area is 159 Å². The average Bonchev–Trinajstić information content (AvgIpc) is 2.89. The van der Waals surface area contributed by atoms with Crippen LogP contribution >= 0.6 is 23.8 Å². The van der Waals surface area contributed by atoms with Gasteiger partial charge in [-0.3, -0.25) is 9.58 Å². The first kappa shape index (κ1) is 18.2. The molecule has 2 heterocycles. The maximum Gasteiger partial charge on any atom is 0.173 e. The summed E-state index contributed by atoms with van der Waals surface area (Å²) >= 11 is 11.7. The van der Waals surface area contributed by atoms with Crippen molar-refractivity contribution in [3.05, 3.63) is 46.2 Å². The maximum atomic E-state index is 6.18. The van der Waals surface area contributed by atoms with Crippen LogP contribution in [0.2, 0.25) is 5.02 Å². The molecular formula is C18H24ClN5S. The van der Waals surface area contributed by atoms with Gasteiger partial charge in [-0.1, -0.05) is 17.7 Å². The van der Waals surface area contributed by atoms with Gasteiger partial charge in [0.1, 0.15) is 0 Å². The molecule has 5 nitrogen and oxygen atoms in total. The second-order valence-electron chi connectivity index (χ2n) is 6.57. The minimum absolute atomic E-state index is 0.754. The number of rotatable bonds is 3. The first-order valence-electron chi connectivity index (χ1n) is 8.46. The predicted octanol–water partition coefficient (Wildman–Crippen LogP) is 3.20. The van der Waals surface area contributed by atoms with Crippen LogP contribution in [0.3, 0.4) is 0 Å². The molecule has 1 aromatic carbocycles. The SMILES string of the molecule is Cc1ccc(NC(=S)N2CCN(Cc3cn(C)nc3C)CC2)cc1Cl. The quantitative estimate of drug-likeness (QED) is 0.831. The van der Waals surface area contributed by atoms with E-state index >= 15 is 0 Å². The van der Waals surface area contributed by atoms with Crippen molar-refractivity contribution in [2.45, 2.75) is 20.4 Å². The van der Waals surface area contributed by atoms with Crippen molar-refractivity contribution >= 4 is 34.6 Å². The fourth-order valence-corrected chi connectivity index (χ4v) is 3.51. The summed E-state index contributed by atoms with van der Waals surface area (Å²) in [6.07, 6.45) is 2.11. The standard InChI is InChI=1S/C18H24ClN5S/c1-13-4-5-16(10-17(13)19)20-18(25)24-8-6-23(7-9-24)12-15-11-22(3)21-14(15)2/h4-5,10-11H,6-9,12H2,1-3H3,(H,20,25). The third-order valence-electron chi connectivity index (χ3n) is 4.59. The summed E-state index contributed by atoms with van der Waals surface area (Å²) in [6, 6.07) is 5.93. The van der Waals surface area contributed by atoms with Crippen LogP contribution in [0.4, 0.5) is 5.69 Å². The van der Waals surface area contributed by atoms with Crippen molar-refractivity contribution in [1.82, 2.24) is 19.6 Å². The van der Waals surface area contributed by atoms with Gasteiger partial charge in [-0.2, -0.15) is 5.10 Å². The number of benzene rings is 1. The van der Waals surface area contributed by atoms with Gasteiger partial charge >= 0.3 is 0 Å². The summed E-state index contributed by atoms with van der Waals surface area (Å²) < 4.78 is 1.88. The van der Waals surface area contributed by atoms with E-state index in [1.165, 1.54) is 5.56 Å². The van der Waals surface area contributed by atoms with E-state index in [4.69, 9.17) is 23.8 Å². The summed E-state index contributed by atoms with van der Waals surface area (Å²) in [4.78, 5) is 4.67. The molecule has 0 amide bonds. The van der Waals surface area contributed by atoms with E-state index in [1.54, 1.807) is 0 Å². The Morgan fingerprint density at radius 1 is 1.24 bits per heavy atom. The molecule has 0 bridgehead atoms. The highest BCUT2D eigenvalue weighted by atomic mass is 35.5. The molecule has 1 aliphatic rings. The third-order valence-corrected chi connectivity index (χ3v) is 5.36. The monoisotopic (exact) mass is 377 g/mol. The third kappa shape index (κ3) is 4.51. The largest absolute Gasteiger partial charge is 0.346 e. The minimum atomic E-state index is 0.754. The molecule has 0 atom stereocenters. The molecule has 1 N–H and O–H groups in total. The smallest absolute Gasteiger partial charge is 0.173 e. The zero-order valence-electron chi connectivity index (χ0n) is 14.9. The van der Waals surface area contributed by atoms with Crippen molar-refractivity contribution < 1.29 is 0 Å². The number of hydrogen-bond donors (Lipinski definition) is 1. The molecule has 25 heavy (non-hydrogen) atoms. The van der Waals surface area contributed by atoms with Crippen LogP contribution in [0, 0.1) is 13.8 Å². The Bertz CT molecular complexity index is 765. The van der Waals surface area contributed by atoms with E-state index in [-0.39, 0.29) is 0 Å². The van der Waals surface area contributed by atoms with Gasteiger partial charge in [0.15, 0.2) is 5.11 Å². The van der Waals surface area contributed by atoms with Crippen LogP contribution in [0.5, 0.6) is 0 Å². The van der Waals surface area contributed by atoms with Gasteiger partial charge in [0.25, 0.3) is 0 Å². The van der Waals surface area contributed by atoms with Crippen molar-refractivity contribution in [1.29, 1.82) is 0 Å². The minimum Gasteiger partial charge on any atom is -0.346 e. The van der Waals surface area contributed by atoms with Gasteiger partial charge in [0, 0.05) is 62.2 Å². The molecule has 7 heteroatoms. The lowest BCUT2D eigenvalue weighted by molar-refractivity contribution is 0.176. The van der Waals surface area contributed by atoms with Crippen LogP contribution in [-0.2, 0) is 13.6 Å². The zero-order chi connectivity index (χ0) is 18.0. The molecule has 2 aromatic rings. The fraction of sp³-hybridized carbons (Fsp3) is 0.444. The van der Waals surface area contributed by atoms with Crippen LogP contribution in [0.25, 0.3) is 0 Å². The summed E-state index contributed by atoms with van der Waals surface area (Å²) in [5, 5.41) is 9.23. The van der Waals surface area contributed by atoms with E-state index < -0.39 is 0 Å². The van der Waals surface area contributed by atoms with Crippen molar-refractivity contribution in [3.8, 4) is 0 Å². The molecule has 0 aliphatic carbocycles. The van der Waals surface area contributed by atoms with Crippen LogP contribution in [0.1, 0.15) is 16.8 Å². The van der Waals surface area contributed by atoms with Crippen LogP contribution in [0.15, 0.2) is 24.4 Å². The Morgan fingerprint density at radius 2 is 1.96 bits per heavy atom. The van der Waals surface area contributed by atoms with Crippen molar-refractivity contribution in [3.63, 3.8) is 0 Å². The number of nitrogens with one attached hydrogen (secondary N) is 1. The van der Waals surface area contributed by atoms with Gasteiger partial charge in [-0.15, -0.1) is 0 Å². The lowest BCUT2D eigenvalue weighted by atomic mass is 10.2. The van der Waals surface area contributed by atoms with E-state index in [2.05, 4.69) is 33.3 Å². The number of thiocarbonyl (C=S) groups is 1. The Kier molecular flexibility index (Phi) is 5.61. The average molecular weight is 378 g/mol. The Hall–Kier alpha value is -1.63. The number of hydrogen-bond acceptors (Lipinski definition) is 3. The summed E-state index contributed by atoms with van der Waals surface area (Å²) in [7, 11) is 1.97. The number of piperazine rings is 1. The van der Waals surface area contributed by atoms with E-state index in [1.807, 2.05) is 36.9 Å². The zero-order valence-corrected chi connectivity index (χ0v) is 16.5. The number of nitrogens with zero attached hydrogens (tertiary/aromatic N) is 4. The molecule has 0 saturated carbocycles. The lowest BCUT2D eigenvalue weighted by Gasteiger charge is -2.36. The number of halogens is 1. The summed E-state index contributed by atoms with van der Waals surface area (Å²) in [6.45, 7) is 8.83. The fourth-order valence-electron chi connectivity index (χ4n) is 3.03. The second kappa shape index (κ2) is 7.72. The summed E-state index contributed by atoms with van der Waals surface area (Å²) in [5.41, 5.74) is 4.41. The number of anilines is 1. The van der Waals surface area contributed by atoms with Gasteiger partial charge in [-0.25, -0.2) is 0 Å². The molecular weight excluding hydrogens is 354 g/mol. The molecule has 1 aliphatic heterocycles.